The monoisotopic (exact) mass is 607 g/mol. The number of likely N-dealkylation sites (tertiary alicyclic amines) is 1. The number of nitrogens with one attached hydrogen (secondary N) is 2. The standard InChI is InChI=1S/C30H30ClF4N3O4/c1-29(2,3)26-25(18-6-11-21(32)12-7-18)22(14-15-38(26)28(40)41)36-27(39)37-23-16-19(17-4-9-20(31)10-5-17)8-13-24(23)42-30(33,34)35/h4-13,16,22,25-26H,14-15H2,1-3H3,(H,40,41)(H2,36,37,39)/t22-,25-,26?/m1/s1. The van der Waals surface area contributed by atoms with Crippen LogP contribution in [0.25, 0.3) is 11.1 Å². The van der Waals surface area contributed by atoms with Crippen LogP contribution in [-0.4, -0.2) is 47.1 Å². The van der Waals surface area contributed by atoms with E-state index in [1.54, 1.807) is 36.4 Å². The Kier molecular flexibility index (Phi) is 8.91. The number of carbonyl (C=O) groups is 2. The number of piperidine rings is 1. The highest BCUT2D eigenvalue weighted by Crippen LogP contribution is 2.42. The van der Waals surface area contributed by atoms with Gasteiger partial charge in [-0.3, -0.25) is 0 Å². The second kappa shape index (κ2) is 12.1. The van der Waals surface area contributed by atoms with Crippen LogP contribution in [0.5, 0.6) is 5.75 Å². The van der Waals surface area contributed by atoms with E-state index in [0.717, 1.165) is 6.07 Å². The zero-order chi connectivity index (χ0) is 30.8. The molecule has 224 valence electrons. The van der Waals surface area contributed by atoms with Gasteiger partial charge in [0, 0.05) is 29.6 Å². The lowest BCUT2D eigenvalue weighted by Gasteiger charge is -2.50. The van der Waals surface area contributed by atoms with Gasteiger partial charge < -0.3 is 25.4 Å². The molecule has 0 radical (unpaired) electrons. The van der Waals surface area contributed by atoms with Crippen molar-refractivity contribution < 1.29 is 37.0 Å². The maximum atomic E-state index is 13.8. The van der Waals surface area contributed by atoms with Crippen molar-refractivity contribution in [1.29, 1.82) is 0 Å². The molecule has 12 heteroatoms. The molecule has 1 heterocycles. The van der Waals surface area contributed by atoms with E-state index >= 15 is 0 Å². The van der Waals surface area contributed by atoms with Crippen LogP contribution in [-0.2, 0) is 0 Å². The minimum atomic E-state index is -5.01. The first kappa shape index (κ1) is 31.0. The summed E-state index contributed by atoms with van der Waals surface area (Å²) in [7, 11) is 0. The molecule has 3 N–H and O–H groups in total. The lowest BCUT2D eigenvalue weighted by Crippen LogP contribution is -2.60. The maximum absolute atomic E-state index is 13.8. The number of amides is 3. The summed E-state index contributed by atoms with van der Waals surface area (Å²) < 4.78 is 57.5. The van der Waals surface area contributed by atoms with Crippen LogP contribution in [0.4, 0.5) is 32.8 Å². The molecular weight excluding hydrogens is 578 g/mol. The minimum Gasteiger partial charge on any atom is -0.465 e. The van der Waals surface area contributed by atoms with Crippen LogP contribution >= 0.6 is 11.6 Å². The topological polar surface area (TPSA) is 90.9 Å². The summed E-state index contributed by atoms with van der Waals surface area (Å²) in [5.41, 5.74) is 0.939. The van der Waals surface area contributed by atoms with E-state index in [9.17, 15) is 32.3 Å². The highest BCUT2D eigenvalue weighted by molar-refractivity contribution is 6.30. The van der Waals surface area contributed by atoms with Crippen molar-refractivity contribution in [1.82, 2.24) is 10.2 Å². The molecule has 3 aromatic rings. The van der Waals surface area contributed by atoms with E-state index in [2.05, 4.69) is 15.4 Å². The van der Waals surface area contributed by atoms with Crippen molar-refractivity contribution in [2.75, 3.05) is 11.9 Å². The molecule has 4 rings (SSSR count). The van der Waals surface area contributed by atoms with Crippen LogP contribution < -0.4 is 15.4 Å². The number of hydrogen-bond donors (Lipinski definition) is 3. The number of nitrogens with zero attached hydrogens (tertiary/aromatic N) is 1. The van der Waals surface area contributed by atoms with Crippen molar-refractivity contribution >= 4 is 29.4 Å². The van der Waals surface area contributed by atoms with Crippen LogP contribution in [0.2, 0.25) is 5.02 Å². The van der Waals surface area contributed by atoms with E-state index in [0.29, 0.717) is 21.7 Å². The predicted octanol–water partition coefficient (Wildman–Crippen LogP) is 8.12. The van der Waals surface area contributed by atoms with Gasteiger partial charge in [0.05, 0.1) is 5.69 Å². The Labute approximate surface area is 245 Å². The Morgan fingerprint density at radius 3 is 2.17 bits per heavy atom. The van der Waals surface area contributed by atoms with Crippen molar-refractivity contribution in [3.63, 3.8) is 0 Å². The van der Waals surface area contributed by atoms with Crippen molar-refractivity contribution in [3.8, 4) is 16.9 Å². The lowest BCUT2D eigenvalue weighted by atomic mass is 9.69. The molecule has 1 aliphatic heterocycles. The van der Waals surface area contributed by atoms with Gasteiger partial charge in [-0.15, -0.1) is 13.2 Å². The van der Waals surface area contributed by atoms with Gasteiger partial charge in [-0.25, -0.2) is 14.0 Å². The van der Waals surface area contributed by atoms with Crippen LogP contribution in [0.1, 0.15) is 38.7 Å². The second-order valence-corrected chi connectivity index (χ2v) is 11.6. The fourth-order valence-electron chi connectivity index (χ4n) is 5.48. The summed E-state index contributed by atoms with van der Waals surface area (Å²) in [6, 6.07) is 14.0. The maximum Gasteiger partial charge on any atom is 0.573 e. The minimum absolute atomic E-state index is 0.106. The van der Waals surface area contributed by atoms with Gasteiger partial charge in [-0.05, 0) is 64.9 Å². The number of carboxylic acid groups (broad SMARTS) is 1. The number of rotatable bonds is 5. The van der Waals surface area contributed by atoms with Gasteiger partial charge in [0.25, 0.3) is 0 Å². The molecule has 1 aliphatic rings. The van der Waals surface area contributed by atoms with Crippen molar-refractivity contribution in [2.24, 2.45) is 5.41 Å². The number of ether oxygens (including phenoxy) is 1. The average Bonchev–Trinajstić information content (AvgIpc) is 2.89. The van der Waals surface area contributed by atoms with Crippen molar-refractivity contribution in [2.45, 2.75) is 51.6 Å². The second-order valence-electron chi connectivity index (χ2n) is 11.1. The highest BCUT2D eigenvalue weighted by Gasteiger charge is 2.47. The SMILES string of the molecule is CC(C)(C)C1[C@H](c2ccc(F)cc2)[C@H](NC(=O)Nc2cc(-c3ccc(Cl)cc3)ccc2OC(F)(F)F)CCN1C(=O)O. The van der Waals surface area contributed by atoms with Gasteiger partial charge in [0.1, 0.15) is 5.82 Å². The molecule has 0 saturated carbocycles. The summed E-state index contributed by atoms with van der Waals surface area (Å²) in [4.78, 5) is 26.8. The fourth-order valence-corrected chi connectivity index (χ4v) is 5.61. The first-order valence-corrected chi connectivity index (χ1v) is 13.5. The number of benzene rings is 3. The van der Waals surface area contributed by atoms with Gasteiger partial charge in [0.15, 0.2) is 5.75 Å². The zero-order valence-electron chi connectivity index (χ0n) is 23.0. The first-order valence-electron chi connectivity index (χ1n) is 13.1. The number of anilines is 1. The van der Waals surface area contributed by atoms with E-state index in [-0.39, 0.29) is 18.7 Å². The molecule has 1 fully saturated rings. The molecule has 0 spiro atoms. The molecular formula is C30H30ClF4N3O4. The largest absolute Gasteiger partial charge is 0.573 e. The zero-order valence-corrected chi connectivity index (χ0v) is 23.8. The molecule has 0 aromatic heterocycles. The Hall–Kier alpha value is -3.99. The van der Waals surface area contributed by atoms with Crippen LogP contribution in [0.3, 0.4) is 0 Å². The summed E-state index contributed by atoms with van der Waals surface area (Å²) >= 11 is 5.95. The summed E-state index contributed by atoms with van der Waals surface area (Å²) in [5.74, 6) is -1.68. The lowest BCUT2D eigenvalue weighted by molar-refractivity contribution is -0.274. The van der Waals surface area contributed by atoms with Crippen molar-refractivity contribution in [3.05, 3.63) is 83.1 Å². The number of hydrogen-bond acceptors (Lipinski definition) is 3. The first-order chi connectivity index (χ1) is 19.6. The Morgan fingerprint density at radius 2 is 1.60 bits per heavy atom. The molecule has 1 saturated heterocycles. The quantitative estimate of drug-likeness (QED) is 0.256. The third kappa shape index (κ3) is 7.44. The predicted molar refractivity (Wildman–Crippen MR) is 151 cm³/mol. The van der Waals surface area contributed by atoms with E-state index in [1.165, 1.54) is 29.2 Å². The number of halogens is 5. The van der Waals surface area contributed by atoms with Gasteiger partial charge in [0.2, 0.25) is 0 Å². The Morgan fingerprint density at radius 1 is 0.976 bits per heavy atom. The normalized spacial score (nSPS) is 19.2. The van der Waals surface area contributed by atoms with E-state index in [4.69, 9.17) is 11.6 Å². The van der Waals surface area contributed by atoms with Gasteiger partial charge in [-0.2, -0.15) is 0 Å². The van der Waals surface area contributed by atoms with E-state index in [1.807, 2.05) is 20.8 Å². The highest BCUT2D eigenvalue weighted by atomic mass is 35.5. The molecule has 7 nitrogen and oxygen atoms in total. The van der Waals surface area contributed by atoms with Gasteiger partial charge in [-0.1, -0.05) is 62.7 Å². The number of carbonyl (C=O) groups excluding carboxylic acids is 1. The molecule has 3 amide bonds. The smallest absolute Gasteiger partial charge is 0.465 e. The summed E-state index contributed by atoms with van der Waals surface area (Å²) in [5, 5.41) is 15.7. The molecule has 3 aromatic carbocycles. The third-order valence-electron chi connectivity index (χ3n) is 7.13. The average molecular weight is 608 g/mol. The molecule has 42 heavy (non-hydrogen) atoms. The number of urea groups is 1. The Bertz CT molecular complexity index is 1430. The molecule has 0 aliphatic carbocycles. The van der Waals surface area contributed by atoms with E-state index < -0.39 is 53.5 Å². The number of alkyl halides is 3. The molecule has 3 atom stereocenters. The van der Waals surface area contributed by atoms with Crippen LogP contribution in [0, 0.1) is 11.2 Å². The fraction of sp³-hybridized carbons (Fsp3) is 0.333. The Balaban J connectivity index is 1.67. The molecule has 0 bridgehead atoms. The summed E-state index contributed by atoms with van der Waals surface area (Å²) in [6.45, 7) is 5.72. The van der Waals surface area contributed by atoms with Crippen LogP contribution in [0.15, 0.2) is 66.7 Å². The third-order valence-corrected chi connectivity index (χ3v) is 7.38. The van der Waals surface area contributed by atoms with Gasteiger partial charge >= 0.3 is 18.5 Å². The summed E-state index contributed by atoms with van der Waals surface area (Å²) in [6.07, 6.45) is -5.92. The molecule has 1 unspecified atom stereocenters.